The number of nitrogens with zero attached hydrogens (tertiary/aromatic N) is 4. The fourth-order valence-electron chi connectivity index (χ4n) is 4.89. The second-order valence-corrected chi connectivity index (χ2v) is 14.2. The van der Waals surface area contributed by atoms with Crippen LogP contribution < -0.4 is 0 Å². The third-order valence-electron chi connectivity index (χ3n) is 7.20. The van der Waals surface area contributed by atoms with E-state index >= 15 is 0 Å². The van der Waals surface area contributed by atoms with Crippen LogP contribution in [0.5, 0.6) is 0 Å². The van der Waals surface area contributed by atoms with Gasteiger partial charge >= 0.3 is 0 Å². The molecule has 212 valence electrons. The summed E-state index contributed by atoms with van der Waals surface area (Å²) in [6.45, 7) is 8.01. The molecule has 1 aromatic carbocycles. The second-order valence-electron chi connectivity index (χ2n) is 10.1. The molecule has 0 spiro atoms. The lowest BCUT2D eigenvalue weighted by Crippen LogP contribution is -2.41. The number of hydrogen-bond donors (Lipinski definition) is 0. The first-order chi connectivity index (χ1) is 18.0. The molecule has 1 saturated heterocycles. The average Bonchev–Trinajstić information content (AvgIpc) is 3.32. The van der Waals surface area contributed by atoms with E-state index in [1.807, 2.05) is 46.1 Å². The molecule has 0 N–H and O–H groups in total. The molecule has 1 aromatic heterocycles. The number of sulfone groups is 1. The zero-order valence-electron chi connectivity index (χ0n) is 22.8. The van der Waals surface area contributed by atoms with Crippen molar-refractivity contribution in [3.8, 4) is 0 Å². The lowest BCUT2D eigenvalue weighted by Gasteiger charge is -2.28. The van der Waals surface area contributed by atoms with Gasteiger partial charge in [0.2, 0.25) is 15.9 Å². The minimum Gasteiger partial charge on any atom is -0.353 e. The van der Waals surface area contributed by atoms with Crippen LogP contribution in [0.25, 0.3) is 0 Å². The maximum Gasteiger partial charge on any atom is 0.237 e. The summed E-state index contributed by atoms with van der Waals surface area (Å²) in [6.07, 6.45) is 8.16. The lowest BCUT2D eigenvalue weighted by atomic mass is 10.1. The van der Waals surface area contributed by atoms with E-state index in [2.05, 4.69) is 18.7 Å². The largest absolute Gasteiger partial charge is 0.353 e. The number of benzene rings is 1. The maximum atomic E-state index is 12.9. The third kappa shape index (κ3) is 8.93. The van der Waals surface area contributed by atoms with Crippen molar-refractivity contribution in [1.29, 1.82) is 0 Å². The van der Waals surface area contributed by atoms with Gasteiger partial charge in [0.15, 0.2) is 9.84 Å². The number of rotatable bonds is 14. The van der Waals surface area contributed by atoms with Crippen LogP contribution in [-0.4, -0.2) is 98.7 Å². The predicted molar refractivity (Wildman–Crippen MR) is 150 cm³/mol. The van der Waals surface area contributed by atoms with E-state index in [9.17, 15) is 21.6 Å². The Morgan fingerprint density at radius 2 is 1.66 bits per heavy atom. The highest BCUT2D eigenvalue weighted by Gasteiger charge is 2.29. The van der Waals surface area contributed by atoms with E-state index in [0.29, 0.717) is 43.5 Å². The molecule has 1 aliphatic rings. The quantitative estimate of drug-likeness (QED) is 0.326. The summed E-state index contributed by atoms with van der Waals surface area (Å²) >= 11 is 0. The van der Waals surface area contributed by atoms with Crippen molar-refractivity contribution >= 4 is 25.8 Å². The van der Waals surface area contributed by atoms with Gasteiger partial charge in [-0.1, -0.05) is 19.1 Å². The predicted octanol–water partition coefficient (Wildman–Crippen LogP) is 2.49. The molecule has 1 unspecified atom stereocenters. The van der Waals surface area contributed by atoms with Crippen LogP contribution in [-0.2, 0) is 37.6 Å². The van der Waals surface area contributed by atoms with Crippen LogP contribution in [0, 0.1) is 0 Å². The average molecular weight is 567 g/mol. The standard InChI is InChI=1S/C27H42N4O5S2/c1-4-29(24(2)22-25-10-12-26(13-11-25)37(3,33)34)16-7-8-17-30-18-9-19-31(23-27(30)32)38(35,36)21-20-28-14-5-6-15-28/h5-6,10-15,24H,4,7-9,16-23H2,1-3H3. The van der Waals surface area contributed by atoms with Gasteiger partial charge in [-0.25, -0.2) is 16.8 Å². The molecule has 9 nitrogen and oxygen atoms in total. The number of likely N-dealkylation sites (N-methyl/N-ethyl adjacent to an activating group) is 1. The highest BCUT2D eigenvalue weighted by atomic mass is 32.2. The van der Waals surface area contributed by atoms with Crippen molar-refractivity contribution < 1.29 is 21.6 Å². The molecule has 11 heteroatoms. The van der Waals surface area contributed by atoms with Crippen molar-refractivity contribution in [2.24, 2.45) is 0 Å². The Hall–Kier alpha value is -2.21. The Balaban J connectivity index is 1.42. The zero-order chi connectivity index (χ0) is 27.8. The van der Waals surface area contributed by atoms with Crippen LogP contribution >= 0.6 is 0 Å². The molecule has 1 amide bonds. The zero-order valence-corrected chi connectivity index (χ0v) is 24.5. The molecule has 2 aromatic rings. The van der Waals surface area contributed by atoms with Gasteiger partial charge in [0.05, 0.1) is 17.2 Å². The molecule has 0 radical (unpaired) electrons. The molecular formula is C27H42N4O5S2. The van der Waals surface area contributed by atoms with Crippen LogP contribution in [0.2, 0.25) is 0 Å². The number of carbonyl (C=O) groups is 1. The number of carbonyl (C=O) groups excluding carboxylic acids is 1. The number of aromatic nitrogens is 1. The summed E-state index contributed by atoms with van der Waals surface area (Å²) in [7, 11) is -6.69. The van der Waals surface area contributed by atoms with Crippen LogP contribution in [0.1, 0.15) is 38.7 Å². The second kappa shape index (κ2) is 13.7. The summed E-state index contributed by atoms with van der Waals surface area (Å²) in [6, 6.07) is 11.1. The molecule has 38 heavy (non-hydrogen) atoms. The van der Waals surface area contributed by atoms with E-state index in [1.54, 1.807) is 12.1 Å². The van der Waals surface area contributed by atoms with Gasteiger partial charge in [-0.15, -0.1) is 0 Å². The first kappa shape index (κ1) is 30.3. The molecule has 1 aliphatic heterocycles. The number of unbranched alkanes of at least 4 members (excludes halogenated alkanes) is 1. The smallest absolute Gasteiger partial charge is 0.237 e. The Morgan fingerprint density at radius 1 is 0.974 bits per heavy atom. The molecule has 0 saturated carbocycles. The molecule has 1 fully saturated rings. The highest BCUT2D eigenvalue weighted by molar-refractivity contribution is 7.90. The van der Waals surface area contributed by atoms with Crippen LogP contribution in [0.3, 0.4) is 0 Å². The summed E-state index contributed by atoms with van der Waals surface area (Å²) in [4.78, 5) is 17.4. The van der Waals surface area contributed by atoms with Crippen molar-refractivity contribution in [1.82, 2.24) is 18.7 Å². The highest BCUT2D eigenvalue weighted by Crippen LogP contribution is 2.15. The fraction of sp³-hybridized carbons (Fsp3) is 0.593. The lowest BCUT2D eigenvalue weighted by molar-refractivity contribution is -0.130. The number of aryl methyl sites for hydroxylation is 1. The third-order valence-corrected chi connectivity index (χ3v) is 10.1. The van der Waals surface area contributed by atoms with Crippen molar-refractivity contribution in [3.63, 3.8) is 0 Å². The summed E-state index contributed by atoms with van der Waals surface area (Å²) in [5.41, 5.74) is 1.10. The monoisotopic (exact) mass is 566 g/mol. The van der Waals surface area contributed by atoms with E-state index in [1.165, 1.54) is 10.6 Å². The van der Waals surface area contributed by atoms with Gasteiger partial charge in [-0.05, 0) is 75.5 Å². The Kier molecular flexibility index (Phi) is 11.0. The van der Waals surface area contributed by atoms with Crippen molar-refractivity contribution in [2.75, 3.05) is 51.3 Å². The van der Waals surface area contributed by atoms with Crippen molar-refractivity contribution in [3.05, 3.63) is 54.4 Å². The SMILES string of the molecule is CCN(CCCCN1CCCN(S(=O)(=O)CCn2cccc2)CC1=O)C(C)Cc1ccc(S(C)(=O)=O)cc1. The fourth-order valence-corrected chi connectivity index (χ4v) is 6.93. The van der Waals surface area contributed by atoms with Crippen LogP contribution in [0.4, 0.5) is 0 Å². The Morgan fingerprint density at radius 3 is 2.29 bits per heavy atom. The molecule has 2 heterocycles. The van der Waals surface area contributed by atoms with Gasteiger partial charge in [0, 0.05) is 50.9 Å². The normalized spacial score (nSPS) is 16.6. The van der Waals surface area contributed by atoms with Crippen LogP contribution in [0.15, 0.2) is 53.7 Å². The number of sulfonamides is 1. The first-order valence-electron chi connectivity index (χ1n) is 13.4. The van der Waals surface area contributed by atoms with E-state index in [0.717, 1.165) is 37.9 Å². The molecule has 1 atom stereocenters. The molecule has 0 bridgehead atoms. The van der Waals surface area contributed by atoms with Gasteiger partial charge in [0.1, 0.15) is 0 Å². The van der Waals surface area contributed by atoms with E-state index < -0.39 is 19.9 Å². The summed E-state index contributed by atoms with van der Waals surface area (Å²) in [5.74, 6) is -0.132. The molecule has 0 aliphatic carbocycles. The van der Waals surface area contributed by atoms with Crippen molar-refractivity contribution in [2.45, 2.75) is 57.0 Å². The number of amides is 1. The van der Waals surface area contributed by atoms with Gasteiger partial charge in [-0.2, -0.15) is 4.31 Å². The first-order valence-corrected chi connectivity index (χ1v) is 16.9. The molecule has 3 rings (SSSR count). The minimum absolute atomic E-state index is 0.0121. The maximum absolute atomic E-state index is 12.9. The summed E-state index contributed by atoms with van der Waals surface area (Å²) in [5, 5.41) is 0. The summed E-state index contributed by atoms with van der Waals surface area (Å²) < 4.78 is 52.2. The van der Waals surface area contributed by atoms with Gasteiger partial charge < -0.3 is 14.4 Å². The number of hydrogen-bond acceptors (Lipinski definition) is 6. The Labute approximate surface area is 228 Å². The molecular weight excluding hydrogens is 524 g/mol. The van der Waals surface area contributed by atoms with E-state index in [4.69, 9.17) is 0 Å². The minimum atomic E-state index is -3.50. The van der Waals surface area contributed by atoms with Gasteiger partial charge in [0.25, 0.3) is 0 Å². The topological polar surface area (TPSA) is 100 Å². The van der Waals surface area contributed by atoms with E-state index in [-0.39, 0.29) is 18.2 Å². The Bertz CT molecular complexity index is 1230. The van der Waals surface area contributed by atoms with Gasteiger partial charge in [-0.3, -0.25) is 4.79 Å².